The second-order valence-electron chi connectivity index (χ2n) is 6.20. The summed E-state index contributed by atoms with van der Waals surface area (Å²) in [4.78, 5) is 28.2. The van der Waals surface area contributed by atoms with Gasteiger partial charge in [-0.15, -0.1) is 11.3 Å². The molecular formula is C17H17ClN4O2S. The lowest BCUT2D eigenvalue weighted by atomic mass is 9.69. The van der Waals surface area contributed by atoms with Crippen molar-refractivity contribution in [2.45, 2.75) is 19.8 Å². The number of nitrogens with two attached hydrogens (primary N) is 2. The minimum atomic E-state index is -1.17. The van der Waals surface area contributed by atoms with Crippen molar-refractivity contribution in [2.75, 3.05) is 0 Å². The van der Waals surface area contributed by atoms with Gasteiger partial charge in [-0.2, -0.15) is 5.26 Å². The molecule has 2 unspecified atom stereocenters. The molecule has 1 aromatic carbocycles. The Labute approximate surface area is 154 Å². The summed E-state index contributed by atoms with van der Waals surface area (Å²) in [5.41, 5.74) is 11.3. The fourth-order valence-corrected chi connectivity index (χ4v) is 4.00. The molecule has 0 bridgehead atoms. The van der Waals surface area contributed by atoms with Crippen molar-refractivity contribution in [3.8, 4) is 17.3 Å². The van der Waals surface area contributed by atoms with Crippen molar-refractivity contribution in [2.24, 2.45) is 22.8 Å². The molecule has 0 fully saturated rings. The fourth-order valence-electron chi connectivity index (χ4n) is 2.74. The Morgan fingerprint density at radius 1 is 1.24 bits per heavy atom. The molecule has 25 heavy (non-hydrogen) atoms. The number of primary amides is 2. The number of nitrogens with zero attached hydrogens (tertiary/aromatic N) is 2. The average Bonchev–Trinajstić information content (AvgIpc) is 2.96. The highest BCUT2D eigenvalue weighted by molar-refractivity contribution is 7.10. The van der Waals surface area contributed by atoms with Gasteiger partial charge in [0.2, 0.25) is 11.8 Å². The zero-order valence-electron chi connectivity index (χ0n) is 13.7. The van der Waals surface area contributed by atoms with Gasteiger partial charge < -0.3 is 11.5 Å². The zero-order chi connectivity index (χ0) is 18.8. The second-order valence-corrected chi connectivity index (χ2v) is 7.53. The van der Waals surface area contributed by atoms with E-state index in [-0.39, 0.29) is 0 Å². The fraction of sp³-hybridized carbons (Fsp3) is 0.294. The lowest BCUT2D eigenvalue weighted by molar-refractivity contribution is -0.127. The normalized spacial score (nSPS) is 13.7. The molecule has 2 rings (SSSR count). The summed E-state index contributed by atoms with van der Waals surface area (Å²) in [6, 6.07) is 8.98. The predicted molar refractivity (Wildman–Crippen MR) is 96.6 cm³/mol. The van der Waals surface area contributed by atoms with E-state index < -0.39 is 29.1 Å². The highest BCUT2D eigenvalue weighted by Crippen LogP contribution is 2.43. The van der Waals surface area contributed by atoms with E-state index in [0.29, 0.717) is 15.7 Å². The minimum Gasteiger partial charge on any atom is -0.369 e. The van der Waals surface area contributed by atoms with Gasteiger partial charge in [0.15, 0.2) is 0 Å². The number of amides is 2. The van der Waals surface area contributed by atoms with Crippen LogP contribution in [0.2, 0.25) is 5.02 Å². The van der Waals surface area contributed by atoms with Crippen molar-refractivity contribution < 1.29 is 9.59 Å². The molecule has 2 atom stereocenters. The summed E-state index contributed by atoms with van der Waals surface area (Å²) in [6.45, 7) is 3.23. The molecule has 6 nitrogen and oxygen atoms in total. The van der Waals surface area contributed by atoms with Gasteiger partial charge in [0.25, 0.3) is 0 Å². The molecule has 0 saturated carbocycles. The van der Waals surface area contributed by atoms with Crippen molar-refractivity contribution in [3.63, 3.8) is 0 Å². The maximum absolute atomic E-state index is 12.1. The summed E-state index contributed by atoms with van der Waals surface area (Å²) in [5.74, 6) is -3.56. The molecule has 0 aliphatic carbocycles. The van der Waals surface area contributed by atoms with E-state index in [1.807, 2.05) is 18.2 Å². The van der Waals surface area contributed by atoms with Crippen LogP contribution in [-0.2, 0) is 9.59 Å². The molecule has 0 saturated heterocycles. The Morgan fingerprint density at radius 3 is 2.32 bits per heavy atom. The molecule has 0 radical (unpaired) electrons. The number of thiazole rings is 1. The van der Waals surface area contributed by atoms with Crippen LogP contribution in [0.5, 0.6) is 0 Å². The minimum absolute atomic E-state index is 0.434. The first-order valence-electron chi connectivity index (χ1n) is 7.38. The van der Waals surface area contributed by atoms with Crippen molar-refractivity contribution >= 4 is 34.8 Å². The van der Waals surface area contributed by atoms with Gasteiger partial charge >= 0.3 is 0 Å². The Hall–Kier alpha value is -2.43. The van der Waals surface area contributed by atoms with Crippen LogP contribution < -0.4 is 11.5 Å². The standard InChI is InChI=1S/C17H17ClN4O2S/c1-17(2,11(7-19)14(20)23)13(15(21)24)16-22-12(8-25-16)9-3-5-10(18)6-4-9/h3-6,8,11,13H,1-2H3,(H2,20,23)(H2,21,24). The number of rotatable bonds is 6. The molecule has 0 aliphatic heterocycles. The third-order valence-corrected chi connectivity index (χ3v) is 5.26. The average molecular weight is 377 g/mol. The first-order valence-corrected chi connectivity index (χ1v) is 8.63. The summed E-state index contributed by atoms with van der Waals surface area (Å²) < 4.78 is 0. The lowest BCUT2D eigenvalue weighted by Crippen LogP contribution is -2.43. The molecule has 1 heterocycles. The third kappa shape index (κ3) is 3.81. The number of halogens is 1. The number of hydrogen-bond acceptors (Lipinski definition) is 5. The molecule has 2 aromatic rings. The van der Waals surface area contributed by atoms with Gasteiger partial charge in [-0.1, -0.05) is 37.6 Å². The van der Waals surface area contributed by atoms with Crippen LogP contribution in [0.15, 0.2) is 29.6 Å². The lowest BCUT2D eigenvalue weighted by Gasteiger charge is -2.33. The van der Waals surface area contributed by atoms with Gasteiger partial charge in [-0.25, -0.2) is 4.98 Å². The summed E-state index contributed by atoms with van der Waals surface area (Å²) in [7, 11) is 0. The Balaban J connectivity index is 2.45. The quantitative estimate of drug-likeness (QED) is 0.804. The van der Waals surface area contributed by atoms with Crippen LogP contribution in [0.25, 0.3) is 11.3 Å². The van der Waals surface area contributed by atoms with Gasteiger partial charge in [0, 0.05) is 21.4 Å². The number of aromatic nitrogens is 1. The molecular weight excluding hydrogens is 360 g/mol. The molecule has 8 heteroatoms. The maximum atomic E-state index is 12.1. The highest BCUT2D eigenvalue weighted by atomic mass is 35.5. The van der Waals surface area contributed by atoms with E-state index in [1.165, 1.54) is 11.3 Å². The first-order chi connectivity index (χ1) is 11.7. The number of nitriles is 1. The van der Waals surface area contributed by atoms with Crippen LogP contribution in [0.3, 0.4) is 0 Å². The Kier molecular flexibility index (Phi) is 5.45. The number of hydrogen-bond donors (Lipinski definition) is 2. The van der Waals surface area contributed by atoms with E-state index in [0.717, 1.165) is 5.56 Å². The number of carbonyl (C=O) groups excluding carboxylic acids is 2. The van der Waals surface area contributed by atoms with Crippen molar-refractivity contribution in [1.82, 2.24) is 4.98 Å². The van der Waals surface area contributed by atoms with Crippen molar-refractivity contribution in [3.05, 3.63) is 39.7 Å². The van der Waals surface area contributed by atoms with Crippen LogP contribution in [0.4, 0.5) is 0 Å². The first kappa shape index (κ1) is 18.9. The van der Waals surface area contributed by atoms with E-state index >= 15 is 0 Å². The van der Waals surface area contributed by atoms with Crippen LogP contribution in [0.1, 0.15) is 24.8 Å². The molecule has 1 aromatic heterocycles. The largest absolute Gasteiger partial charge is 0.369 e. The van der Waals surface area contributed by atoms with E-state index in [1.54, 1.807) is 31.4 Å². The number of carbonyl (C=O) groups is 2. The molecule has 2 amide bonds. The van der Waals surface area contributed by atoms with Gasteiger partial charge in [-0.05, 0) is 12.1 Å². The second kappa shape index (κ2) is 7.21. The van der Waals surface area contributed by atoms with Crippen LogP contribution in [0, 0.1) is 22.7 Å². The smallest absolute Gasteiger partial charge is 0.235 e. The molecule has 0 spiro atoms. The van der Waals surface area contributed by atoms with E-state index in [2.05, 4.69) is 4.98 Å². The van der Waals surface area contributed by atoms with Crippen molar-refractivity contribution in [1.29, 1.82) is 5.26 Å². The van der Waals surface area contributed by atoms with Crippen LogP contribution in [-0.4, -0.2) is 16.8 Å². The molecule has 0 aliphatic rings. The van der Waals surface area contributed by atoms with Gasteiger partial charge in [0.05, 0.1) is 17.7 Å². The van der Waals surface area contributed by atoms with E-state index in [9.17, 15) is 14.9 Å². The topological polar surface area (TPSA) is 123 Å². The molecule has 130 valence electrons. The summed E-state index contributed by atoms with van der Waals surface area (Å²) >= 11 is 7.13. The summed E-state index contributed by atoms with van der Waals surface area (Å²) in [6.07, 6.45) is 0. The predicted octanol–water partition coefficient (Wildman–Crippen LogP) is 2.68. The monoisotopic (exact) mass is 376 g/mol. The Bertz CT molecular complexity index is 839. The maximum Gasteiger partial charge on any atom is 0.235 e. The Morgan fingerprint density at radius 2 is 1.84 bits per heavy atom. The highest BCUT2D eigenvalue weighted by Gasteiger charge is 2.46. The molecule has 4 N–H and O–H groups in total. The van der Waals surface area contributed by atoms with Gasteiger partial charge in [0.1, 0.15) is 10.9 Å². The van der Waals surface area contributed by atoms with Crippen LogP contribution >= 0.6 is 22.9 Å². The summed E-state index contributed by atoms with van der Waals surface area (Å²) in [5, 5.41) is 12.1. The number of benzene rings is 1. The van der Waals surface area contributed by atoms with E-state index in [4.69, 9.17) is 23.1 Å². The zero-order valence-corrected chi connectivity index (χ0v) is 15.3. The van der Waals surface area contributed by atoms with Gasteiger partial charge in [-0.3, -0.25) is 9.59 Å². The SMILES string of the molecule is CC(C)(C(C#N)C(N)=O)C(C(N)=O)c1nc(-c2ccc(Cl)cc2)cs1. The third-order valence-electron chi connectivity index (χ3n) is 4.10.